The Balaban J connectivity index is 1.96. The maximum absolute atomic E-state index is 12.0. The van der Waals surface area contributed by atoms with Gasteiger partial charge in [0.1, 0.15) is 0 Å². The van der Waals surface area contributed by atoms with Crippen molar-refractivity contribution in [1.82, 2.24) is 9.78 Å². The van der Waals surface area contributed by atoms with E-state index in [1.54, 1.807) is 13.1 Å². The van der Waals surface area contributed by atoms with Crippen LogP contribution < -0.4 is 5.73 Å². The lowest BCUT2D eigenvalue weighted by Gasteiger charge is -2.33. The molecule has 5 nitrogen and oxygen atoms in total. The molecule has 1 aliphatic rings. The van der Waals surface area contributed by atoms with E-state index in [4.69, 9.17) is 5.73 Å². The molecule has 0 spiro atoms. The fraction of sp³-hybridized carbons (Fsp3) is 0.438. The number of benzene rings is 1. The highest BCUT2D eigenvalue weighted by Crippen LogP contribution is 2.37. The maximum Gasteiger partial charge on any atom is 0.152 e. The number of rotatable bonds is 3. The maximum atomic E-state index is 12.0. The zero-order valence-electron chi connectivity index (χ0n) is 12.6. The van der Waals surface area contributed by atoms with Crippen LogP contribution in [0.1, 0.15) is 31.4 Å². The minimum absolute atomic E-state index is 0.0245. The van der Waals surface area contributed by atoms with Gasteiger partial charge in [-0.05, 0) is 31.2 Å². The van der Waals surface area contributed by atoms with E-state index in [-0.39, 0.29) is 23.0 Å². The predicted octanol–water partition coefficient (Wildman–Crippen LogP) is 2.27. The summed E-state index contributed by atoms with van der Waals surface area (Å²) in [5, 5.41) is 4.07. The summed E-state index contributed by atoms with van der Waals surface area (Å²) < 4.78 is 25.8. The summed E-state index contributed by atoms with van der Waals surface area (Å²) >= 11 is 0. The Morgan fingerprint density at radius 1 is 1.32 bits per heavy atom. The van der Waals surface area contributed by atoms with Gasteiger partial charge in [-0.1, -0.05) is 30.3 Å². The van der Waals surface area contributed by atoms with Gasteiger partial charge in [-0.3, -0.25) is 4.68 Å². The van der Waals surface area contributed by atoms with Crippen molar-refractivity contribution in [2.24, 2.45) is 5.92 Å². The molecule has 118 valence electrons. The monoisotopic (exact) mass is 319 g/mol. The van der Waals surface area contributed by atoms with Gasteiger partial charge >= 0.3 is 0 Å². The summed E-state index contributed by atoms with van der Waals surface area (Å²) in [6.45, 7) is 1.81. The van der Waals surface area contributed by atoms with Crippen LogP contribution in [0.3, 0.4) is 0 Å². The standard InChI is InChI=1S/C16H21N3O2S/c1-12-9-14(7-8-22(12,20)21)16(13-5-3-2-4-6-13)19-11-15(17)10-18-19/h2-6,10-12,14,16H,7-9,17H2,1H3. The van der Waals surface area contributed by atoms with Crippen LogP contribution in [0, 0.1) is 5.92 Å². The molecule has 3 rings (SSSR count). The smallest absolute Gasteiger partial charge is 0.152 e. The Labute approximate surface area is 131 Å². The quantitative estimate of drug-likeness (QED) is 0.941. The van der Waals surface area contributed by atoms with Crippen molar-refractivity contribution in [3.05, 3.63) is 48.3 Å². The van der Waals surface area contributed by atoms with Gasteiger partial charge in [0.2, 0.25) is 0 Å². The summed E-state index contributed by atoms with van der Waals surface area (Å²) in [6, 6.07) is 10.1. The fourth-order valence-electron chi connectivity index (χ4n) is 3.29. The molecule has 1 fully saturated rings. The molecule has 0 aliphatic carbocycles. The van der Waals surface area contributed by atoms with E-state index in [1.165, 1.54) is 0 Å². The van der Waals surface area contributed by atoms with Crippen molar-refractivity contribution >= 4 is 15.5 Å². The molecule has 1 aromatic carbocycles. The average molecular weight is 319 g/mol. The van der Waals surface area contributed by atoms with Crippen molar-refractivity contribution < 1.29 is 8.42 Å². The Kier molecular flexibility index (Phi) is 3.95. The minimum Gasteiger partial charge on any atom is -0.396 e. The van der Waals surface area contributed by atoms with Crippen LogP contribution in [0.4, 0.5) is 5.69 Å². The predicted molar refractivity (Wildman–Crippen MR) is 87.2 cm³/mol. The summed E-state index contributed by atoms with van der Waals surface area (Å²) in [7, 11) is -2.94. The zero-order valence-corrected chi connectivity index (χ0v) is 13.4. The Bertz CT molecular complexity index is 740. The molecule has 6 heteroatoms. The second kappa shape index (κ2) is 5.76. The second-order valence-electron chi connectivity index (χ2n) is 6.07. The third kappa shape index (κ3) is 2.88. The van der Waals surface area contributed by atoms with Crippen LogP contribution in [0.25, 0.3) is 0 Å². The Morgan fingerprint density at radius 2 is 2.05 bits per heavy atom. The van der Waals surface area contributed by atoms with Gasteiger partial charge < -0.3 is 5.73 Å². The lowest BCUT2D eigenvalue weighted by atomic mass is 9.87. The van der Waals surface area contributed by atoms with Crippen LogP contribution in [-0.2, 0) is 9.84 Å². The van der Waals surface area contributed by atoms with Gasteiger partial charge in [-0.15, -0.1) is 0 Å². The number of aromatic nitrogens is 2. The van der Waals surface area contributed by atoms with E-state index in [0.717, 1.165) is 5.56 Å². The van der Waals surface area contributed by atoms with Crippen molar-refractivity contribution in [1.29, 1.82) is 0 Å². The summed E-state index contributed by atoms with van der Waals surface area (Å²) in [4.78, 5) is 0. The molecule has 0 amide bonds. The number of hydrogen-bond donors (Lipinski definition) is 1. The molecule has 0 radical (unpaired) electrons. The first-order valence-corrected chi connectivity index (χ1v) is 9.25. The molecule has 22 heavy (non-hydrogen) atoms. The topological polar surface area (TPSA) is 78.0 Å². The number of anilines is 1. The highest BCUT2D eigenvalue weighted by Gasteiger charge is 2.36. The first-order chi connectivity index (χ1) is 10.5. The van der Waals surface area contributed by atoms with Crippen molar-refractivity contribution in [2.75, 3.05) is 11.5 Å². The molecule has 2 heterocycles. The first kappa shape index (κ1) is 15.1. The highest BCUT2D eigenvalue weighted by molar-refractivity contribution is 7.92. The molecule has 1 saturated heterocycles. The fourth-order valence-corrected chi connectivity index (χ4v) is 4.86. The van der Waals surface area contributed by atoms with Crippen molar-refractivity contribution in [2.45, 2.75) is 31.1 Å². The number of sulfone groups is 1. The summed E-state index contributed by atoms with van der Waals surface area (Å²) in [6.07, 6.45) is 4.78. The zero-order chi connectivity index (χ0) is 15.7. The number of hydrogen-bond acceptors (Lipinski definition) is 4. The highest BCUT2D eigenvalue weighted by atomic mass is 32.2. The third-order valence-corrected chi connectivity index (χ3v) is 6.74. The number of nitrogens with zero attached hydrogens (tertiary/aromatic N) is 2. The Hall–Kier alpha value is -1.82. The van der Waals surface area contributed by atoms with Gasteiger partial charge in [0, 0.05) is 6.20 Å². The molecule has 2 aromatic rings. The van der Waals surface area contributed by atoms with Crippen LogP contribution in [-0.4, -0.2) is 29.2 Å². The first-order valence-electron chi connectivity index (χ1n) is 7.53. The van der Waals surface area contributed by atoms with Crippen LogP contribution in [0.15, 0.2) is 42.7 Å². The molecule has 3 unspecified atom stereocenters. The SMILES string of the molecule is CC1CC(C(c2ccccc2)n2cc(N)cn2)CCS1(=O)=O. The largest absolute Gasteiger partial charge is 0.396 e. The second-order valence-corrected chi connectivity index (χ2v) is 8.61. The van der Waals surface area contributed by atoms with Crippen molar-refractivity contribution in [3.8, 4) is 0 Å². The van der Waals surface area contributed by atoms with Gasteiger partial charge in [0.05, 0.1) is 28.9 Å². The molecule has 1 aromatic heterocycles. The lowest BCUT2D eigenvalue weighted by Crippen LogP contribution is -2.35. The van der Waals surface area contributed by atoms with E-state index >= 15 is 0 Å². The average Bonchev–Trinajstić information content (AvgIpc) is 2.91. The Morgan fingerprint density at radius 3 is 2.64 bits per heavy atom. The van der Waals surface area contributed by atoms with Crippen molar-refractivity contribution in [3.63, 3.8) is 0 Å². The van der Waals surface area contributed by atoms with Gasteiger partial charge in [-0.2, -0.15) is 5.10 Å². The molecule has 3 atom stereocenters. The summed E-state index contributed by atoms with van der Waals surface area (Å²) in [5.41, 5.74) is 7.58. The van der Waals surface area contributed by atoms with Gasteiger partial charge in [-0.25, -0.2) is 8.42 Å². The third-order valence-electron chi connectivity index (χ3n) is 4.51. The molecule has 0 saturated carbocycles. The number of nitrogens with two attached hydrogens (primary N) is 1. The van der Waals surface area contributed by atoms with Crippen LogP contribution in [0.2, 0.25) is 0 Å². The lowest BCUT2D eigenvalue weighted by molar-refractivity contribution is 0.311. The van der Waals surface area contributed by atoms with E-state index in [1.807, 2.05) is 29.1 Å². The van der Waals surface area contributed by atoms with E-state index < -0.39 is 9.84 Å². The van der Waals surface area contributed by atoms with E-state index in [2.05, 4.69) is 17.2 Å². The van der Waals surface area contributed by atoms with Gasteiger partial charge in [0.15, 0.2) is 9.84 Å². The minimum atomic E-state index is -2.94. The van der Waals surface area contributed by atoms with E-state index in [9.17, 15) is 8.42 Å². The molecular weight excluding hydrogens is 298 g/mol. The molecule has 1 aliphatic heterocycles. The van der Waals surface area contributed by atoms with Crippen LogP contribution in [0.5, 0.6) is 0 Å². The van der Waals surface area contributed by atoms with Gasteiger partial charge in [0.25, 0.3) is 0 Å². The normalized spacial score (nSPS) is 25.7. The molecular formula is C16H21N3O2S. The number of nitrogen functional groups attached to an aromatic ring is 1. The molecule has 0 bridgehead atoms. The van der Waals surface area contributed by atoms with E-state index in [0.29, 0.717) is 18.5 Å². The van der Waals surface area contributed by atoms with Crippen LogP contribution >= 0.6 is 0 Å². The summed E-state index contributed by atoms with van der Waals surface area (Å²) in [5.74, 6) is 0.485. The molecule has 2 N–H and O–H groups in total.